The highest BCUT2D eigenvalue weighted by molar-refractivity contribution is 5.48. The van der Waals surface area contributed by atoms with Gasteiger partial charge in [0.2, 0.25) is 0 Å². The average molecular weight is 208 g/mol. The van der Waals surface area contributed by atoms with E-state index in [2.05, 4.69) is 30.7 Å². The zero-order valence-corrected chi connectivity index (χ0v) is 9.94. The zero-order chi connectivity index (χ0) is 11.4. The van der Waals surface area contributed by atoms with Crippen LogP contribution in [-0.4, -0.2) is 22.7 Å². The number of nitrogens with zero attached hydrogens (tertiary/aromatic N) is 2. The molecule has 1 atom stereocenters. The van der Waals surface area contributed by atoms with Crippen LogP contribution in [0.15, 0.2) is 18.3 Å². The molecular formula is C12H20N2O. The highest BCUT2D eigenvalue weighted by Crippen LogP contribution is 2.24. The molecule has 1 rings (SSSR count). The van der Waals surface area contributed by atoms with Gasteiger partial charge in [0, 0.05) is 24.3 Å². The van der Waals surface area contributed by atoms with Crippen molar-refractivity contribution in [3.63, 3.8) is 0 Å². The molecule has 1 aromatic rings. The van der Waals surface area contributed by atoms with E-state index in [1.54, 1.807) is 13.1 Å². The molecule has 0 amide bonds. The van der Waals surface area contributed by atoms with Crippen molar-refractivity contribution in [3.05, 3.63) is 23.9 Å². The molecule has 0 aliphatic heterocycles. The van der Waals surface area contributed by atoms with Crippen LogP contribution >= 0.6 is 0 Å². The molecule has 0 bridgehead atoms. The molecule has 0 fully saturated rings. The summed E-state index contributed by atoms with van der Waals surface area (Å²) in [5, 5.41) is 9.66. The number of aromatic nitrogens is 1. The Morgan fingerprint density at radius 2 is 2.07 bits per heavy atom. The van der Waals surface area contributed by atoms with E-state index in [4.69, 9.17) is 0 Å². The van der Waals surface area contributed by atoms with Crippen molar-refractivity contribution in [2.45, 2.75) is 39.8 Å². The molecule has 3 nitrogen and oxygen atoms in total. The third-order valence-corrected chi connectivity index (χ3v) is 2.50. The van der Waals surface area contributed by atoms with Crippen LogP contribution in [-0.2, 0) is 0 Å². The summed E-state index contributed by atoms with van der Waals surface area (Å²) in [6.45, 7) is 9.03. The van der Waals surface area contributed by atoms with Crippen molar-refractivity contribution in [2.75, 3.05) is 11.4 Å². The maximum Gasteiger partial charge on any atom is 0.134 e. The molecule has 84 valence electrons. The lowest BCUT2D eigenvalue weighted by molar-refractivity contribution is 0.199. The van der Waals surface area contributed by atoms with Gasteiger partial charge in [0.1, 0.15) is 5.82 Å². The van der Waals surface area contributed by atoms with E-state index < -0.39 is 6.10 Å². The molecule has 3 heteroatoms. The Morgan fingerprint density at radius 1 is 1.40 bits per heavy atom. The van der Waals surface area contributed by atoms with Crippen molar-refractivity contribution in [1.29, 1.82) is 0 Å². The van der Waals surface area contributed by atoms with Gasteiger partial charge in [-0.3, -0.25) is 0 Å². The van der Waals surface area contributed by atoms with Crippen molar-refractivity contribution < 1.29 is 5.11 Å². The maximum atomic E-state index is 9.66. The number of pyridine rings is 1. The largest absolute Gasteiger partial charge is 0.389 e. The van der Waals surface area contributed by atoms with Gasteiger partial charge >= 0.3 is 0 Å². The Kier molecular flexibility index (Phi) is 4.09. The Morgan fingerprint density at radius 3 is 2.53 bits per heavy atom. The fourth-order valence-electron chi connectivity index (χ4n) is 1.73. The minimum atomic E-state index is -0.471. The van der Waals surface area contributed by atoms with Crippen molar-refractivity contribution in [1.82, 2.24) is 4.98 Å². The summed E-state index contributed by atoms with van der Waals surface area (Å²) in [6.07, 6.45) is 1.30. The van der Waals surface area contributed by atoms with Crippen LogP contribution in [0.5, 0.6) is 0 Å². The second-order valence-corrected chi connectivity index (χ2v) is 3.97. The summed E-state index contributed by atoms with van der Waals surface area (Å²) < 4.78 is 0. The summed E-state index contributed by atoms with van der Waals surface area (Å²) in [6, 6.07) is 4.18. The van der Waals surface area contributed by atoms with Gasteiger partial charge in [-0.05, 0) is 33.8 Å². The van der Waals surface area contributed by atoms with Gasteiger partial charge in [0.15, 0.2) is 0 Å². The topological polar surface area (TPSA) is 36.4 Å². The SMILES string of the molecule is CCN(c1ncccc1C(C)O)C(C)C. The lowest BCUT2D eigenvalue weighted by atomic mass is 10.1. The van der Waals surface area contributed by atoms with Crippen molar-refractivity contribution >= 4 is 5.82 Å². The summed E-state index contributed by atoms with van der Waals surface area (Å²) in [5.74, 6) is 0.894. The van der Waals surface area contributed by atoms with E-state index in [0.717, 1.165) is 17.9 Å². The van der Waals surface area contributed by atoms with Crippen LogP contribution < -0.4 is 4.90 Å². The van der Waals surface area contributed by atoms with E-state index in [1.807, 2.05) is 12.1 Å². The van der Waals surface area contributed by atoms with Gasteiger partial charge in [-0.25, -0.2) is 4.98 Å². The predicted molar refractivity (Wildman–Crippen MR) is 63.0 cm³/mol. The number of aliphatic hydroxyl groups excluding tert-OH is 1. The lowest BCUT2D eigenvalue weighted by Crippen LogP contribution is -2.32. The molecule has 0 radical (unpaired) electrons. The second kappa shape index (κ2) is 5.12. The molecule has 15 heavy (non-hydrogen) atoms. The van der Waals surface area contributed by atoms with Crippen LogP contribution in [0.4, 0.5) is 5.82 Å². The van der Waals surface area contributed by atoms with Crippen LogP contribution in [0, 0.1) is 0 Å². The number of anilines is 1. The van der Waals surface area contributed by atoms with Gasteiger partial charge in [-0.15, -0.1) is 0 Å². The Labute approximate surface area is 91.8 Å². The van der Waals surface area contributed by atoms with Crippen LogP contribution in [0.2, 0.25) is 0 Å². The second-order valence-electron chi connectivity index (χ2n) is 3.97. The number of hydrogen-bond donors (Lipinski definition) is 1. The van der Waals surface area contributed by atoms with Crippen molar-refractivity contribution in [2.24, 2.45) is 0 Å². The first-order valence-corrected chi connectivity index (χ1v) is 5.47. The first kappa shape index (κ1) is 12.0. The first-order valence-electron chi connectivity index (χ1n) is 5.47. The van der Waals surface area contributed by atoms with Crippen LogP contribution in [0.1, 0.15) is 39.4 Å². The van der Waals surface area contributed by atoms with Crippen LogP contribution in [0.3, 0.4) is 0 Å². The molecule has 0 aromatic carbocycles. The van der Waals surface area contributed by atoms with E-state index in [9.17, 15) is 5.11 Å². The Hall–Kier alpha value is -1.09. The van der Waals surface area contributed by atoms with Gasteiger partial charge in [0.05, 0.1) is 6.10 Å². The third kappa shape index (κ3) is 2.69. The quantitative estimate of drug-likeness (QED) is 0.825. The number of hydrogen-bond acceptors (Lipinski definition) is 3. The molecule has 1 N–H and O–H groups in total. The maximum absolute atomic E-state index is 9.66. The highest BCUT2D eigenvalue weighted by Gasteiger charge is 2.16. The highest BCUT2D eigenvalue weighted by atomic mass is 16.3. The molecule has 0 saturated heterocycles. The smallest absolute Gasteiger partial charge is 0.134 e. The Bertz CT molecular complexity index is 310. The van der Waals surface area contributed by atoms with Gasteiger partial charge < -0.3 is 10.0 Å². The van der Waals surface area contributed by atoms with Crippen molar-refractivity contribution in [3.8, 4) is 0 Å². The molecule has 0 saturated carbocycles. The van der Waals surface area contributed by atoms with Gasteiger partial charge in [-0.1, -0.05) is 6.07 Å². The molecule has 0 spiro atoms. The van der Waals surface area contributed by atoms with Crippen LogP contribution in [0.25, 0.3) is 0 Å². The fraction of sp³-hybridized carbons (Fsp3) is 0.583. The summed E-state index contributed by atoms with van der Waals surface area (Å²) >= 11 is 0. The summed E-state index contributed by atoms with van der Waals surface area (Å²) in [5.41, 5.74) is 0.896. The molecular weight excluding hydrogens is 188 g/mol. The third-order valence-electron chi connectivity index (χ3n) is 2.50. The summed E-state index contributed by atoms with van der Waals surface area (Å²) in [7, 11) is 0. The molecule has 0 aliphatic carbocycles. The minimum Gasteiger partial charge on any atom is -0.389 e. The zero-order valence-electron chi connectivity index (χ0n) is 9.94. The predicted octanol–water partition coefficient (Wildman–Crippen LogP) is 2.37. The number of rotatable bonds is 4. The normalized spacial score (nSPS) is 12.9. The number of aliphatic hydroxyl groups is 1. The first-order chi connectivity index (χ1) is 7.07. The fourth-order valence-corrected chi connectivity index (χ4v) is 1.73. The van der Waals surface area contributed by atoms with E-state index in [0.29, 0.717) is 6.04 Å². The van der Waals surface area contributed by atoms with E-state index >= 15 is 0 Å². The molecule has 1 unspecified atom stereocenters. The monoisotopic (exact) mass is 208 g/mol. The lowest BCUT2D eigenvalue weighted by Gasteiger charge is -2.28. The molecule has 0 aliphatic rings. The van der Waals surface area contributed by atoms with E-state index in [1.165, 1.54) is 0 Å². The minimum absolute atomic E-state index is 0.391. The van der Waals surface area contributed by atoms with Gasteiger partial charge in [0.25, 0.3) is 0 Å². The summed E-state index contributed by atoms with van der Waals surface area (Å²) in [4.78, 5) is 6.54. The van der Waals surface area contributed by atoms with Gasteiger partial charge in [-0.2, -0.15) is 0 Å². The molecule has 1 heterocycles. The molecule has 1 aromatic heterocycles. The average Bonchev–Trinajstić information content (AvgIpc) is 2.18. The Balaban J connectivity index is 3.11. The van der Waals surface area contributed by atoms with E-state index in [-0.39, 0.29) is 0 Å². The standard InChI is InChI=1S/C12H20N2O/c1-5-14(9(2)3)12-11(10(4)15)7-6-8-13-12/h6-10,15H,5H2,1-4H3.